The van der Waals surface area contributed by atoms with E-state index in [1.54, 1.807) is 17.1 Å². The van der Waals surface area contributed by atoms with Gasteiger partial charge in [-0.25, -0.2) is 0 Å². The molecule has 1 atom stereocenters. The van der Waals surface area contributed by atoms with Crippen LogP contribution >= 0.6 is 0 Å². The highest BCUT2D eigenvalue weighted by atomic mass is 16.2. The molecule has 6 heteroatoms. The highest BCUT2D eigenvalue weighted by molar-refractivity contribution is 5.76. The van der Waals surface area contributed by atoms with Crippen LogP contribution in [0.3, 0.4) is 0 Å². The van der Waals surface area contributed by atoms with Gasteiger partial charge < -0.3 is 4.90 Å². The van der Waals surface area contributed by atoms with Crippen LogP contribution in [0.1, 0.15) is 23.6 Å². The lowest BCUT2D eigenvalue weighted by molar-refractivity contribution is -0.131. The molecule has 1 aliphatic rings. The predicted molar refractivity (Wildman–Crippen MR) is 69.5 cm³/mol. The fourth-order valence-electron chi connectivity index (χ4n) is 2.53. The van der Waals surface area contributed by atoms with E-state index in [2.05, 4.69) is 15.3 Å². The fraction of sp³-hybridized carbons (Fsp3) is 0.462. The van der Waals surface area contributed by atoms with Crippen LogP contribution < -0.4 is 0 Å². The summed E-state index contributed by atoms with van der Waals surface area (Å²) in [4.78, 5) is 14.1. The second kappa shape index (κ2) is 4.87. The summed E-state index contributed by atoms with van der Waals surface area (Å²) in [7, 11) is 0. The second-order valence-corrected chi connectivity index (χ2v) is 5.05. The van der Waals surface area contributed by atoms with Crippen molar-refractivity contribution < 1.29 is 4.79 Å². The van der Waals surface area contributed by atoms with E-state index in [0.717, 1.165) is 30.8 Å². The molecule has 2 aromatic rings. The number of aromatic nitrogens is 4. The second-order valence-electron chi connectivity index (χ2n) is 5.05. The number of likely N-dealkylation sites (tertiary alicyclic amines) is 1. The number of carbonyl (C=O) groups excluding carboxylic acids is 1. The smallest absolute Gasteiger partial charge is 0.244 e. The van der Waals surface area contributed by atoms with Crippen molar-refractivity contribution in [1.29, 1.82) is 0 Å². The van der Waals surface area contributed by atoms with Crippen LogP contribution in [0.4, 0.5) is 0 Å². The molecule has 6 nitrogen and oxygen atoms in total. The fourth-order valence-corrected chi connectivity index (χ4v) is 2.53. The molecule has 0 aromatic carbocycles. The number of amides is 1. The van der Waals surface area contributed by atoms with Gasteiger partial charge in [-0.2, -0.15) is 10.2 Å². The third-order valence-corrected chi connectivity index (χ3v) is 3.56. The first kappa shape index (κ1) is 12.0. The van der Waals surface area contributed by atoms with E-state index in [-0.39, 0.29) is 5.91 Å². The van der Waals surface area contributed by atoms with E-state index in [9.17, 15) is 4.79 Å². The molecule has 2 aromatic heterocycles. The standard InChI is InChI=1S/C13H17N5O/c1-10-6-15-18(7-10)9-13(19)17-5-3-11(8-17)12-2-4-14-16-12/h2,4,6-7,11H,3,5,8-9H2,1H3,(H,14,16)/t11-/m0/s1. The van der Waals surface area contributed by atoms with Gasteiger partial charge in [0, 0.05) is 37.1 Å². The van der Waals surface area contributed by atoms with Crippen molar-refractivity contribution in [2.75, 3.05) is 13.1 Å². The zero-order chi connectivity index (χ0) is 13.2. The van der Waals surface area contributed by atoms with Crippen LogP contribution in [-0.4, -0.2) is 43.9 Å². The van der Waals surface area contributed by atoms with E-state index in [1.165, 1.54) is 0 Å². The monoisotopic (exact) mass is 259 g/mol. The van der Waals surface area contributed by atoms with Crippen molar-refractivity contribution >= 4 is 5.91 Å². The number of aromatic amines is 1. The Morgan fingerprint density at radius 3 is 3.16 bits per heavy atom. The SMILES string of the molecule is Cc1cnn(CC(=O)N2CC[C@H](c3ccn[nH]3)C2)c1. The molecule has 3 rings (SSSR count). The number of hydrogen-bond acceptors (Lipinski definition) is 3. The number of H-pyrrole nitrogens is 1. The van der Waals surface area contributed by atoms with Crippen molar-refractivity contribution in [3.05, 3.63) is 35.9 Å². The average molecular weight is 259 g/mol. The Balaban J connectivity index is 1.60. The Bertz CT molecular complexity index is 559. The zero-order valence-electron chi connectivity index (χ0n) is 10.9. The molecule has 0 unspecified atom stereocenters. The Hall–Kier alpha value is -2.11. The van der Waals surface area contributed by atoms with Crippen molar-refractivity contribution in [2.45, 2.75) is 25.8 Å². The summed E-state index contributed by atoms with van der Waals surface area (Å²) < 4.78 is 1.70. The van der Waals surface area contributed by atoms with Crippen LogP contribution in [0.25, 0.3) is 0 Å². The molecule has 1 fully saturated rings. The van der Waals surface area contributed by atoms with Crippen LogP contribution in [0.15, 0.2) is 24.7 Å². The van der Waals surface area contributed by atoms with Gasteiger partial charge in [0.15, 0.2) is 0 Å². The van der Waals surface area contributed by atoms with Gasteiger partial charge in [0.2, 0.25) is 5.91 Å². The van der Waals surface area contributed by atoms with Crippen molar-refractivity contribution in [3.63, 3.8) is 0 Å². The number of rotatable bonds is 3. The maximum Gasteiger partial charge on any atom is 0.244 e. The first-order chi connectivity index (χ1) is 9.22. The molecular weight excluding hydrogens is 242 g/mol. The molecule has 0 spiro atoms. The first-order valence-electron chi connectivity index (χ1n) is 6.48. The lowest BCUT2D eigenvalue weighted by Gasteiger charge is -2.16. The van der Waals surface area contributed by atoms with Gasteiger partial charge in [-0.15, -0.1) is 0 Å². The van der Waals surface area contributed by atoms with E-state index >= 15 is 0 Å². The molecule has 100 valence electrons. The molecule has 1 saturated heterocycles. The summed E-state index contributed by atoms with van der Waals surface area (Å²) in [6.07, 6.45) is 6.41. The zero-order valence-corrected chi connectivity index (χ0v) is 10.9. The Morgan fingerprint density at radius 2 is 2.47 bits per heavy atom. The molecule has 1 amide bonds. The van der Waals surface area contributed by atoms with Gasteiger partial charge in [0.1, 0.15) is 6.54 Å². The summed E-state index contributed by atoms with van der Waals surface area (Å²) in [5.41, 5.74) is 2.19. The maximum absolute atomic E-state index is 12.2. The van der Waals surface area contributed by atoms with Gasteiger partial charge >= 0.3 is 0 Å². The summed E-state index contributed by atoms with van der Waals surface area (Å²) in [5, 5.41) is 11.1. The van der Waals surface area contributed by atoms with Crippen LogP contribution in [0.2, 0.25) is 0 Å². The summed E-state index contributed by atoms with van der Waals surface area (Å²) in [5.74, 6) is 0.510. The molecule has 1 aliphatic heterocycles. The minimum Gasteiger partial charge on any atom is -0.340 e. The van der Waals surface area contributed by atoms with Gasteiger partial charge in [0.25, 0.3) is 0 Å². The number of aryl methyl sites for hydroxylation is 1. The molecule has 0 aliphatic carbocycles. The van der Waals surface area contributed by atoms with E-state index in [0.29, 0.717) is 12.5 Å². The van der Waals surface area contributed by atoms with Crippen LogP contribution in [0.5, 0.6) is 0 Å². The number of nitrogens with zero attached hydrogens (tertiary/aromatic N) is 4. The largest absolute Gasteiger partial charge is 0.340 e. The van der Waals surface area contributed by atoms with E-state index in [1.807, 2.05) is 24.1 Å². The highest BCUT2D eigenvalue weighted by Gasteiger charge is 2.28. The Morgan fingerprint density at radius 1 is 1.58 bits per heavy atom. The predicted octanol–water partition coefficient (Wildman–Crippen LogP) is 0.931. The topological polar surface area (TPSA) is 66.8 Å². The quantitative estimate of drug-likeness (QED) is 0.891. The number of carbonyl (C=O) groups is 1. The third kappa shape index (κ3) is 2.52. The molecule has 3 heterocycles. The lowest BCUT2D eigenvalue weighted by atomic mass is 10.1. The Kier molecular flexibility index (Phi) is 3.06. The minimum absolute atomic E-state index is 0.130. The van der Waals surface area contributed by atoms with Crippen LogP contribution in [-0.2, 0) is 11.3 Å². The van der Waals surface area contributed by atoms with Gasteiger partial charge in [-0.05, 0) is 25.0 Å². The third-order valence-electron chi connectivity index (χ3n) is 3.56. The van der Waals surface area contributed by atoms with Gasteiger partial charge in [-0.3, -0.25) is 14.6 Å². The summed E-state index contributed by atoms with van der Waals surface area (Å²) in [6.45, 7) is 3.87. The summed E-state index contributed by atoms with van der Waals surface area (Å²) >= 11 is 0. The minimum atomic E-state index is 0.130. The molecule has 19 heavy (non-hydrogen) atoms. The van der Waals surface area contributed by atoms with E-state index < -0.39 is 0 Å². The molecule has 1 N–H and O–H groups in total. The average Bonchev–Trinajstić information content (AvgIpc) is 3.08. The normalized spacial score (nSPS) is 19.0. The Labute approximate surface area is 111 Å². The lowest BCUT2D eigenvalue weighted by Crippen LogP contribution is -2.31. The highest BCUT2D eigenvalue weighted by Crippen LogP contribution is 2.25. The number of hydrogen-bond donors (Lipinski definition) is 1. The summed E-state index contributed by atoms with van der Waals surface area (Å²) in [6, 6.07) is 1.98. The van der Waals surface area contributed by atoms with Crippen molar-refractivity contribution in [1.82, 2.24) is 24.9 Å². The number of nitrogens with one attached hydrogen (secondary N) is 1. The molecule has 0 bridgehead atoms. The van der Waals surface area contributed by atoms with Gasteiger partial charge in [-0.1, -0.05) is 0 Å². The van der Waals surface area contributed by atoms with Crippen molar-refractivity contribution in [3.8, 4) is 0 Å². The van der Waals surface area contributed by atoms with Gasteiger partial charge in [0.05, 0.1) is 6.20 Å². The first-order valence-corrected chi connectivity index (χ1v) is 6.48. The van der Waals surface area contributed by atoms with Crippen LogP contribution in [0, 0.1) is 6.92 Å². The van der Waals surface area contributed by atoms with Crippen molar-refractivity contribution in [2.24, 2.45) is 0 Å². The molecule has 0 radical (unpaired) electrons. The molecule has 0 saturated carbocycles. The van der Waals surface area contributed by atoms with E-state index in [4.69, 9.17) is 0 Å². The maximum atomic E-state index is 12.2. The molecular formula is C13H17N5O.